The van der Waals surface area contributed by atoms with E-state index in [1.165, 1.54) is 24.3 Å². The highest BCUT2D eigenvalue weighted by Gasteiger charge is 1.97. The van der Waals surface area contributed by atoms with Crippen LogP contribution in [0.5, 0.6) is 0 Å². The molecule has 0 aromatic carbocycles. The summed E-state index contributed by atoms with van der Waals surface area (Å²) in [4.78, 5) is 0. The minimum atomic E-state index is 0.867. The summed E-state index contributed by atoms with van der Waals surface area (Å²) in [7, 11) is 0. The van der Waals surface area contributed by atoms with Crippen LogP contribution in [0.2, 0.25) is 0 Å². The van der Waals surface area contributed by atoms with Gasteiger partial charge in [0.05, 0.1) is 0 Å². The van der Waals surface area contributed by atoms with Crippen LogP contribution in [0.25, 0.3) is 0 Å². The predicted octanol–water partition coefficient (Wildman–Crippen LogP) is 3.18. The Kier molecular flexibility index (Phi) is 7.95. The average Bonchev–Trinajstić information content (AvgIpc) is 2.04. The van der Waals surface area contributed by atoms with Gasteiger partial charge in [0.2, 0.25) is 0 Å². The molecule has 0 aliphatic carbocycles. The largest absolute Gasteiger partial charge is 0.162 e. The van der Waals surface area contributed by atoms with Crippen molar-refractivity contribution in [2.24, 2.45) is 5.92 Å². The van der Waals surface area contributed by atoms with E-state index < -0.39 is 0 Å². The Morgan fingerprint density at radius 1 is 1.55 bits per heavy atom. The Hall–Kier alpha value is -0.0900. The lowest BCUT2D eigenvalue weighted by Gasteiger charge is -2.06. The van der Waals surface area contributed by atoms with Gasteiger partial charge in [-0.3, -0.25) is 0 Å². The maximum absolute atomic E-state index is 5.14. The van der Waals surface area contributed by atoms with Crippen molar-refractivity contribution in [2.75, 3.05) is 11.5 Å². The van der Waals surface area contributed by atoms with Gasteiger partial charge < -0.3 is 0 Å². The predicted molar refractivity (Wildman–Crippen MR) is 54.8 cm³/mol. The molecule has 0 saturated carbocycles. The third kappa shape index (κ3) is 7.81. The molecule has 0 fully saturated rings. The van der Waals surface area contributed by atoms with E-state index in [4.69, 9.17) is 6.42 Å². The number of thioether (sulfide) groups is 1. The van der Waals surface area contributed by atoms with Crippen molar-refractivity contribution in [2.45, 2.75) is 33.1 Å². The maximum Gasteiger partial charge on any atom is 0.00939 e. The van der Waals surface area contributed by atoms with Gasteiger partial charge >= 0.3 is 0 Å². The number of terminal acetylenes is 1. The van der Waals surface area contributed by atoms with Gasteiger partial charge in [-0.2, -0.15) is 11.8 Å². The highest BCUT2D eigenvalue weighted by Crippen LogP contribution is 2.12. The van der Waals surface area contributed by atoms with Gasteiger partial charge in [0, 0.05) is 6.42 Å². The van der Waals surface area contributed by atoms with E-state index in [2.05, 4.69) is 19.8 Å². The van der Waals surface area contributed by atoms with E-state index in [0.717, 1.165) is 12.3 Å². The van der Waals surface area contributed by atoms with Crippen LogP contribution >= 0.6 is 11.8 Å². The van der Waals surface area contributed by atoms with Crippen molar-refractivity contribution in [3.8, 4) is 12.3 Å². The molecule has 0 saturated heterocycles. The van der Waals surface area contributed by atoms with Crippen LogP contribution in [0.4, 0.5) is 0 Å². The van der Waals surface area contributed by atoms with Crippen LogP contribution in [-0.4, -0.2) is 11.5 Å². The molecule has 0 aliphatic heterocycles. The lowest BCUT2D eigenvalue weighted by atomic mass is 10.2. The van der Waals surface area contributed by atoms with Gasteiger partial charge in [0.15, 0.2) is 0 Å². The first-order valence-electron chi connectivity index (χ1n) is 4.32. The molecular weight excluding hydrogens is 152 g/mol. The van der Waals surface area contributed by atoms with Crippen LogP contribution in [0.15, 0.2) is 0 Å². The highest BCUT2D eigenvalue weighted by molar-refractivity contribution is 7.99. The van der Waals surface area contributed by atoms with Crippen molar-refractivity contribution in [3.63, 3.8) is 0 Å². The molecule has 1 heteroatoms. The summed E-state index contributed by atoms with van der Waals surface area (Å²) < 4.78 is 0. The molecule has 0 aliphatic rings. The molecule has 11 heavy (non-hydrogen) atoms. The molecule has 64 valence electrons. The van der Waals surface area contributed by atoms with E-state index in [1.807, 2.05) is 11.8 Å². The second-order valence-electron chi connectivity index (χ2n) is 2.90. The topological polar surface area (TPSA) is 0 Å². The monoisotopic (exact) mass is 170 g/mol. The molecule has 0 heterocycles. The SMILES string of the molecule is C#CCCCSCC(C)CC. The molecule has 0 nitrogen and oxygen atoms in total. The average molecular weight is 170 g/mol. The van der Waals surface area contributed by atoms with Crippen LogP contribution in [-0.2, 0) is 0 Å². The second-order valence-corrected chi connectivity index (χ2v) is 4.05. The molecule has 0 spiro atoms. The van der Waals surface area contributed by atoms with Crippen LogP contribution in [0.1, 0.15) is 33.1 Å². The van der Waals surface area contributed by atoms with Crippen molar-refractivity contribution < 1.29 is 0 Å². The smallest absolute Gasteiger partial charge is 0.00939 e. The summed E-state index contributed by atoms with van der Waals surface area (Å²) in [5.74, 6) is 6.05. The first-order valence-corrected chi connectivity index (χ1v) is 5.48. The van der Waals surface area contributed by atoms with Crippen molar-refractivity contribution >= 4 is 11.8 Å². The Morgan fingerprint density at radius 2 is 2.27 bits per heavy atom. The Morgan fingerprint density at radius 3 is 2.82 bits per heavy atom. The van der Waals surface area contributed by atoms with E-state index >= 15 is 0 Å². The van der Waals surface area contributed by atoms with Gasteiger partial charge in [0.25, 0.3) is 0 Å². The minimum Gasteiger partial charge on any atom is -0.162 e. The van der Waals surface area contributed by atoms with Crippen molar-refractivity contribution in [3.05, 3.63) is 0 Å². The number of hydrogen-bond acceptors (Lipinski definition) is 1. The van der Waals surface area contributed by atoms with Gasteiger partial charge in [-0.1, -0.05) is 20.3 Å². The molecule has 1 unspecified atom stereocenters. The summed E-state index contributed by atoms with van der Waals surface area (Å²) >= 11 is 2.03. The fourth-order valence-corrected chi connectivity index (χ4v) is 1.83. The van der Waals surface area contributed by atoms with E-state index in [0.29, 0.717) is 0 Å². The molecule has 0 amide bonds. The van der Waals surface area contributed by atoms with Crippen molar-refractivity contribution in [1.29, 1.82) is 0 Å². The number of rotatable bonds is 6. The summed E-state index contributed by atoms with van der Waals surface area (Å²) in [6.07, 6.45) is 8.55. The Bertz CT molecular complexity index is 113. The molecule has 0 aromatic heterocycles. The second kappa shape index (κ2) is 8.01. The number of hydrogen-bond donors (Lipinski definition) is 0. The van der Waals surface area contributed by atoms with Gasteiger partial charge in [-0.05, 0) is 23.8 Å². The van der Waals surface area contributed by atoms with Gasteiger partial charge in [0.1, 0.15) is 0 Å². The van der Waals surface area contributed by atoms with Crippen LogP contribution in [0.3, 0.4) is 0 Å². The Balaban J connectivity index is 2.97. The fraction of sp³-hybridized carbons (Fsp3) is 0.800. The highest BCUT2D eigenvalue weighted by atomic mass is 32.2. The summed E-state index contributed by atoms with van der Waals surface area (Å²) in [5.41, 5.74) is 0. The third-order valence-corrected chi connectivity index (χ3v) is 3.09. The molecular formula is C10H18S. The van der Waals surface area contributed by atoms with E-state index in [1.54, 1.807) is 0 Å². The first kappa shape index (κ1) is 10.9. The number of unbranched alkanes of at least 4 members (excludes halogenated alkanes) is 1. The molecule has 1 atom stereocenters. The van der Waals surface area contributed by atoms with Crippen LogP contribution in [0, 0.1) is 18.3 Å². The van der Waals surface area contributed by atoms with Gasteiger partial charge in [-0.25, -0.2) is 0 Å². The minimum absolute atomic E-state index is 0.867. The first-order chi connectivity index (χ1) is 5.31. The van der Waals surface area contributed by atoms with E-state index in [-0.39, 0.29) is 0 Å². The summed E-state index contributed by atoms with van der Waals surface area (Å²) in [6, 6.07) is 0. The standard InChI is InChI=1S/C10H18S/c1-4-6-7-8-11-9-10(3)5-2/h1,10H,5-9H2,2-3H3. The zero-order valence-electron chi connectivity index (χ0n) is 7.60. The molecule has 0 bridgehead atoms. The van der Waals surface area contributed by atoms with Gasteiger partial charge in [-0.15, -0.1) is 12.3 Å². The van der Waals surface area contributed by atoms with Crippen molar-refractivity contribution in [1.82, 2.24) is 0 Å². The lowest BCUT2D eigenvalue weighted by molar-refractivity contribution is 0.636. The molecule has 0 radical (unpaired) electrons. The molecule has 0 rings (SSSR count). The Labute approximate surface area is 75.1 Å². The lowest BCUT2D eigenvalue weighted by Crippen LogP contribution is -1.96. The maximum atomic E-state index is 5.14. The quantitative estimate of drug-likeness (QED) is 0.436. The summed E-state index contributed by atoms with van der Waals surface area (Å²) in [5, 5.41) is 0. The zero-order chi connectivity index (χ0) is 8.53. The molecule has 0 aromatic rings. The fourth-order valence-electron chi connectivity index (χ4n) is 0.679. The zero-order valence-corrected chi connectivity index (χ0v) is 8.41. The third-order valence-electron chi connectivity index (χ3n) is 1.71. The normalized spacial score (nSPS) is 12.5. The summed E-state index contributed by atoms with van der Waals surface area (Å²) in [6.45, 7) is 4.54. The van der Waals surface area contributed by atoms with Crippen LogP contribution < -0.4 is 0 Å². The molecule has 0 N–H and O–H groups in total. The van der Waals surface area contributed by atoms with E-state index in [9.17, 15) is 0 Å².